The Labute approximate surface area is 62.4 Å². The van der Waals surface area contributed by atoms with Crippen LogP contribution in [0, 0.1) is 5.92 Å². The Morgan fingerprint density at radius 2 is 2.22 bits per heavy atom. The summed E-state index contributed by atoms with van der Waals surface area (Å²) in [4.78, 5) is 0. The number of rotatable bonds is 1. The van der Waals surface area contributed by atoms with Crippen LogP contribution >= 0.6 is 11.8 Å². The first-order chi connectivity index (χ1) is 4.43. The summed E-state index contributed by atoms with van der Waals surface area (Å²) in [6.45, 7) is 2.32. The van der Waals surface area contributed by atoms with E-state index in [1.165, 1.54) is 37.2 Å². The van der Waals surface area contributed by atoms with E-state index in [2.05, 4.69) is 18.7 Å². The van der Waals surface area contributed by atoms with Crippen molar-refractivity contribution in [3.63, 3.8) is 0 Å². The Kier molecular flexibility index (Phi) is 3.49. The van der Waals surface area contributed by atoms with E-state index in [4.69, 9.17) is 0 Å². The topological polar surface area (TPSA) is 0 Å². The summed E-state index contributed by atoms with van der Waals surface area (Å²) in [5.74, 6) is 3.88. The summed E-state index contributed by atoms with van der Waals surface area (Å²) < 4.78 is 0. The lowest BCUT2D eigenvalue weighted by Gasteiger charge is -2.08. The van der Waals surface area contributed by atoms with Crippen LogP contribution in [-0.4, -0.2) is 11.5 Å². The second-order valence-electron chi connectivity index (χ2n) is 2.82. The van der Waals surface area contributed by atoms with E-state index in [9.17, 15) is 0 Å². The smallest absolute Gasteiger partial charge is 0.00649 e. The number of hydrogen-bond acceptors (Lipinski definition) is 1. The lowest BCUT2D eigenvalue weighted by Crippen LogP contribution is -1.96. The van der Waals surface area contributed by atoms with Crippen molar-refractivity contribution in [2.24, 2.45) is 5.92 Å². The molecule has 0 aromatic rings. The first-order valence-corrected chi connectivity index (χ1v) is 5.16. The maximum atomic E-state index is 2.32. The molecule has 1 saturated heterocycles. The molecule has 1 unspecified atom stereocenters. The molecule has 0 N–H and O–H groups in total. The fraction of sp³-hybridized carbons (Fsp3) is 1.00. The third-order valence-corrected chi connectivity index (χ3v) is 3.25. The molecule has 1 rings (SSSR count). The van der Waals surface area contributed by atoms with Gasteiger partial charge in [0.25, 0.3) is 0 Å². The maximum Gasteiger partial charge on any atom is -0.00649 e. The number of hydrogen-bond donors (Lipinski definition) is 0. The lowest BCUT2D eigenvalue weighted by molar-refractivity contribution is 0.462. The average Bonchev–Trinajstić information content (AvgIpc) is 2.13. The highest BCUT2D eigenvalue weighted by molar-refractivity contribution is 7.99. The molecule has 1 aliphatic rings. The lowest BCUT2D eigenvalue weighted by atomic mass is 9.98. The summed E-state index contributed by atoms with van der Waals surface area (Å²) in [6, 6.07) is 0. The van der Waals surface area contributed by atoms with Gasteiger partial charge in [-0.3, -0.25) is 0 Å². The fourth-order valence-electron chi connectivity index (χ4n) is 1.38. The molecule has 0 radical (unpaired) electrons. The number of thioether (sulfide) groups is 1. The van der Waals surface area contributed by atoms with Gasteiger partial charge in [-0.2, -0.15) is 11.8 Å². The van der Waals surface area contributed by atoms with E-state index in [0.717, 1.165) is 5.92 Å². The molecule has 54 valence electrons. The molecule has 9 heavy (non-hydrogen) atoms. The largest absolute Gasteiger partial charge is 0.162 e. The predicted molar refractivity (Wildman–Crippen MR) is 45.0 cm³/mol. The van der Waals surface area contributed by atoms with E-state index in [0.29, 0.717) is 0 Å². The van der Waals surface area contributed by atoms with Crippen LogP contribution in [0.5, 0.6) is 0 Å². The maximum absolute atomic E-state index is 2.32. The second kappa shape index (κ2) is 4.21. The van der Waals surface area contributed by atoms with Crippen molar-refractivity contribution in [2.75, 3.05) is 11.5 Å². The summed E-state index contributed by atoms with van der Waals surface area (Å²) >= 11 is 2.13. The molecule has 0 aromatic heterocycles. The molecule has 1 atom stereocenters. The van der Waals surface area contributed by atoms with Gasteiger partial charge in [-0.05, 0) is 36.7 Å². The minimum absolute atomic E-state index is 1.06. The molecule has 1 aliphatic heterocycles. The molecule has 0 saturated carbocycles. The predicted octanol–water partition coefficient (Wildman–Crippen LogP) is 2.93. The van der Waals surface area contributed by atoms with Gasteiger partial charge in [0, 0.05) is 0 Å². The van der Waals surface area contributed by atoms with Crippen LogP contribution < -0.4 is 0 Å². The van der Waals surface area contributed by atoms with E-state index in [1.807, 2.05) is 0 Å². The SMILES string of the molecule is CCC1CCCSCC1. The van der Waals surface area contributed by atoms with Gasteiger partial charge in [-0.1, -0.05) is 13.3 Å². The van der Waals surface area contributed by atoms with Gasteiger partial charge in [0.2, 0.25) is 0 Å². The summed E-state index contributed by atoms with van der Waals surface area (Å²) in [5.41, 5.74) is 0. The van der Waals surface area contributed by atoms with Crippen LogP contribution in [0.4, 0.5) is 0 Å². The van der Waals surface area contributed by atoms with Crippen LogP contribution in [0.1, 0.15) is 32.6 Å². The van der Waals surface area contributed by atoms with Crippen molar-refractivity contribution in [2.45, 2.75) is 32.6 Å². The van der Waals surface area contributed by atoms with E-state index >= 15 is 0 Å². The van der Waals surface area contributed by atoms with Gasteiger partial charge < -0.3 is 0 Å². The highest BCUT2D eigenvalue weighted by Crippen LogP contribution is 2.23. The minimum atomic E-state index is 1.06. The Bertz CT molecular complexity index is 63.0. The zero-order valence-electron chi connectivity index (χ0n) is 6.23. The van der Waals surface area contributed by atoms with Crippen molar-refractivity contribution in [1.29, 1.82) is 0 Å². The van der Waals surface area contributed by atoms with Crippen molar-refractivity contribution in [1.82, 2.24) is 0 Å². The second-order valence-corrected chi connectivity index (χ2v) is 4.04. The molecule has 1 heterocycles. The molecule has 0 bridgehead atoms. The van der Waals surface area contributed by atoms with Gasteiger partial charge in [-0.15, -0.1) is 0 Å². The third kappa shape index (κ3) is 2.61. The highest BCUT2D eigenvalue weighted by atomic mass is 32.2. The molecule has 0 amide bonds. The fourth-order valence-corrected chi connectivity index (χ4v) is 2.45. The van der Waals surface area contributed by atoms with E-state index < -0.39 is 0 Å². The van der Waals surface area contributed by atoms with Gasteiger partial charge in [-0.25, -0.2) is 0 Å². The van der Waals surface area contributed by atoms with Crippen LogP contribution in [0.3, 0.4) is 0 Å². The van der Waals surface area contributed by atoms with Crippen LogP contribution in [0.2, 0.25) is 0 Å². The van der Waals surface area contributed by atoms with Crippen LogP contribution in [0.25, 0.3) is 0 Å². The average molecular weight is 144 g/mol. The van der Waals surface area contributed by atoms with Crippen LogP contribution in [0.15, 0.2) is 0 Å². The first kappa shape index (κ1) is 7.46. The van der Waals surface area contributed by atoms with E-state index in [-0.39, 0.29) is 0 Å². The Morgan fingerprint density at radius 1 is 1.33 bits per heavy atom. The Morgan fingerprint density at radius 3 is 3.00 bits per heavy atom. The molecule has 0 spiro atoms. The first-order valence-electron chi connectivity index (χ1n) is 4.01. The Hall–Kier alpha value is 0.350. The van der Waals surface area contributed by atoms with Crippen molar-refractivity contribution < 1.29 is 0 Å². The highest BCUT2D eigenvalue weighted by Gasteiger charge is 2.08. The zero-order chi connectivity index (χ0) is 6.53. The van der Waals surface area contributed by atoms with Crippen molar-refractivity contribution in [3.05, 3.63) is 0 Å². The van der Waals surface area contributed by atoms with Crippen molar-refractivity contribution in [3.8, 4) is 0 Å². The summed E-state index contributed by atoms with van der Waals surface area (Å²) in [5, 5.41) is 0. The minimum Gasteiger partial charge on any atom is -0.162 e. The Balaban J connectivity index is 2.18. The van der Waals surface area contributed by atoms with Gasteiger partial charge >= 0.3 is 0 Å². The van der Waals surface area contributed by atoms with Gasteiger partial charge in [0.05, 0.1) is 0 Å². The molecular formula is C8H16S. The molecule has 0 aliphatic carbocycles. The molecule has 0 aromatic carbocycles. The standard InChI is InChI=1S/C8H16S/c1-2-8-4-3-6-9-7-5-8/h8H,2-7H2,1H3. The van der Waals surface area contributed by atoms with E-state index in [1.54, 1.807) is 0 Å². The monoisotopic (exact) mass is 144 g/mol. The summed E-state index contributed by atoms with van der Waals surface area (Å²) in [7, 11) is 0. The molecule has 0 nitrogen and oxygen atoms in total. The van der Waals surface area contributed by atoms with Gasteiger partial charge in [0.1, 0.15) is 0 Å². The molecular weight excluding hydrogens is 128 g/mol. The summed E-state index contributed by atoms with van der Waals surface area (Å²) in [6.07, 6.45) is 5.83. The van der Waals surface area contributed by atoms with Crippen molar-refractivity contribution >= 4 is 11.8 Å². The normalized spacial score (nSPS) is 29.7. The quantitative estimate of drug-likeness (QED) is 0.545. The van der Waals surface area contributed by atoms with Gasteiger partial charge in [0.15, 0.2) is 0 Å². The third-order valence-electron chi connectivity index (χ3n) is 2.15. The van der Waals surface area contributed by atoms with Crippen LogP contribution in [-0.2, 0) is 0 Å². The molecule has 1 fully saturated rings. The molecule has 1 heteroatoms. The zero-order valence-corrected chi connectivity index (χ0v) is 7.04.